The van der Waals surface area contributed by atoms with Crippen molar-refractivity contribution in [2.24, 2.45) is 0 Å². The number of hydrogen-bond donors (Lipinski definition) is 0. The molecule has 0 fully saturated rings. The van der Waals surface area contributed by atoms with Gasteiger partial charge in [-0.15, -0.1) is 0 Å². The first-order valence-electron chi connectivity index (χ1n) is 10.8. The number of carbonyl (C=O) groups excluding carboxylic acids is 1. The fourth-order valence-electron chi connectivity index (χ4n) is 3.72. The van der Waals surface area contributed by atoms with Gasteiger partial charge in [0.05, 0.1) is 9.79 Å². The Morgan fingerprint density at radius 1 is 0.706 bits per heavy atom. The monoisotopic (exact) mass is 516 g/mol. The molecule has 1 atom stereocenters. The highest BCUT2D eigenvalue weighted by atomic mass is 32.3. The van der Waals surface area contributed by atoms with Crippen LogP contribution in [0, 0.1) is 0 Å². The van der Waals surface area contributed by atoms with Crippen LogP contribution in [0.3, 0.4) is 0 Å². The highest BCUT2D eigenvalue weighted by Gasteiger charge is 2.47. The van der Waals surface area contributed by atoms with E-state index in [0.29, 0.717) is 5.56 Å². The average molecular weight is 517 g/mol. The zero-order valence-electron chi connectivity index (χ0n) is 19.3. The van der Waals surface area contributed by atoms with Gasteiger partial charge in [0.25, 0.3) is 0 Å². The summed E-state index contributed by atoms with van der Waals surface area (Å²) >= 11 is 1.08. The van der Waals surface area contributed by atoms with E-state index in [9.17, 15) is 21.6 Å². The van der Waals surface area contributed by atoms with Crippen molar-refractivity contribution in [3.05, 3.63) is 96.6 Å². The lowest BCUT2D eigenvalue weighted by atomic mass is 9.98. The lowest BCUT2D eigenvalue weighted by molar-refractivity contribution is -0.111. The summed E-state index contributed by atoms with van der Waals surface area (Å²) < 4.78 is 53.5. The molecule has 0 heterocycles. The van der Waals surface area contributed by atoms with Crippen molar-refractivity contribution in [1.82, 2.24) is 0 Å². The van der Waals surface area contributed by atoms with Gasteiger partial charge in [-0.25, -0.2) is 16.8 Å². The molecule has 34 heavy (non-hydrogen) atoms. The van der Waals surface area contributed by atoms with E-state index < -0.39 is 34.9 Å². The number of rotatable bonds is 8. The third-order valence-electron chi connectivity index (χ3n) is 5.12. The number of benzene rings is 3. The molecule has 3 aromatic rings. The Morgan fingerprint density at radius 3 is 1.47 bits per heavy atom. The van der Waals surface area contributed by atoms with Crippen LogP contribution in [-0.2, 0) is 24.5 Å². The van der Waals surface area contributed by atoms with Gasteiger partial charge in [0.2, 0.25) is 0 Å². The van der Waals surface area contributed by atoms with E-state index in [1.807, 2.05) is 20.8 Å². The van der Waals surface area contributed by atoms with Gasteiger partial charge < -0.3 is 0 Å². The van der Waals surface area contributed by atoms with Crippen LogP contribution in [-0.4, -0.2) is 31.3 Å². The first-order valence-corrected chi connectivity index (χ1v) is 14.7. The van der Waals surface area contributed by atoms with Crippen molar-refractivity contribution in [3.8, 4) is 0 Å². The molecule has 180 valence electrons. The van der Waals surface area contributed by atoms with Crippen molar-refractivity contribution in [1.29, 1.82) is 0 Å². The molecule has 0 unspecified atom stereocenters. The van der Waals surface area contributed by atoms with E-state index in [4.69, 9.17) is 0 Å². The Labute approximate surface area is 206 Å². The molecule has 0 aliphatic heterocycles. The Hall–Kier alpha value is -2.42. The molecule has 3 rings (SSSR count). The van der Waals surface area contributed by atoms with Gasteiger partial charge in [-0.3, -0.25) is 4.79 Å². The third-order valence-corrected chi connectivity index (χ3v) is 11.4. The molecule has 0 radical (unpaired) electrons. The zero-order valence-corrected chi connectivity index (χ0v) is 21.7. The van der Waals surface area contributed by atoms with Crippen LogP contribution in [0.2, 0.25) is 0 Å². The molecular weight excluding hydrogens is 488 g/mol. The summed E-state index contributed by atoms with van der Waals surface area (Å²) in [6.45, 7) is 5.64. The highest BCUT2D eigenvalue weighted by molar-refractivity contribution is 8.14. The van der Waals surface area contributed by atoms with Crippen LogP contribution in [0.25, 0.3) is 0 Å². The standard InChI is InChI=1S/C26H28O5S3/c1-26(2,3)32-24(27)19-23(20-13-7-4-8-14-20)25(33(28,29)21-15-9-5-10-16-21)34(30,31)22-17-11-6-12-18-22/h4-18,23,25H,19H2,1-3H3/t23-/m0/s1. The largest absolute Gasteiger partial charge is 0.287 e. The second kappa shape index (κ2) is 10.5. The average Bonchev–Trinajstić information content (AvgIpc) is 2.79. The van der Waals surface area contributed by atoms with Crippen LogP contribution in [0.1, 0.15) is 38.7 Å². The summed E-state index contributed by atoms with van der Waals surface area (Å²) in [5, 5.41) is -0.266. The summed E-state index contributed by atoms with van der Waals surface area (Å²) in [6.07, 6.45) is -0.241. The number of carbonyl (C=O) groups is 1. The van der Waals surface area contributed by atoms with E-state index >= 15 is 0 Å². The van der Waals surface area contributed by atoms with Gasteiger partial charge in [-0.2, -0.15) is 0 Å². The van der Waals surface area contributed by atoms with Crippen molar-refractivity contribution < 1.29 is 21.6 Å². The van der Waals surface area contributed by atoms with E-state index in [-0.39, 0.29) is 21.3 Å². The lowest BCUT2D eigenvalue weighted by Crippen LogP contribution is -2.37. The number of thioether (sulfide) groups is 1. The summed E-state index contributed by atoms with van der Waals surface area (Å²) in [6, 6.07) is 23.6. The van der Waals surface area contributed by atoms with Crippen molar-refractivity contribution in [2.75, 3.05) is 0 Å². The van der Waals surface area contributed by atoms with Gasteiger partial charge in [-0.05, 0) is 29.8 Å². The summed E-state index contributed by atoms with van der Waals surface area (Å²) in [4.78, 5) is 12.8. The van der Waals surface area contributed by atoms with Crippen LogP contribution in [0.5, 0.6) is 0 Å². The minimum Gasteiger partial charge on any atom is -0.287 e. The second-order valence-corrected chi connectivity index (χ2v) is 15.2. The van der Waals surface area contributed by atoms with Crippen LogP contribution < -0.4 is 0 Å². The van der Waals surface area contributed by atoms with Crippen molar-refractivity contribution in [2.45, 2.75) is 52.2 Å². The van der Waals surface area contributed by atoms with E-state index in [0.717, 1.165) is 11.8 Å². The third kappa shape index (κ3) is 6.17. The van der Waals surface area contributed by atoms with Crippen LogP contribution in [0.4, 0.5) is 0 Å². The normalized spacial score (nSPS) is 13.5. The topological polar surface area (TPSA) is 85.3 Å². The summed E-state index contributed by atoms with van der Waals surface area (Å²) in [5.41, 5.74) is 0.481. The van der Waals surface area contributed by atoms with E-state index in [1.54, 1.807) is 66.7 Å². The molecule has 5 nitrogen and oxygen atoms in total. The number of sulfone groups is 2. The molecule has 0 amide bonds. The molecule has 0 aromatic heterocycles. The quantitative estimate of drug-likeness (QED) is 0.393. The predicted octanol–water partition coefficient (Wildman–Crippen LogP) is 5.49. The maximum absolute atomic E-state index is 13.9. The van der Waals surface area contributed by atoms with Gasteiger partial charge in [0, 0.05) is 17.1 Å². The maximum Gasteiger partial charge on any atom is 0.196 e. The fourth-order valence-corrected chi connectivity index (χ4v) is 9.65. The first kappa shape index (κ1) is 26.2. The van der Waals surface area contributed by atoms with Crippen LogP contribution in [0.15, 0.2) is 101 Å². The molecule has 0 aliphatic rings. The minimum absolute atomic E-state index is 0.101. The Balaban J connectivity index is 2.25. The fraction of sp³-hybridized carbons (Fsp3) is 0.269. The second-order valence-electron chi connectivity index (χ2n) is 8.89. The zero-order chi connectivity index (χ0) is 25.0. The molecule has 0 spiro atoms. The number of hydrogen-bond acceptors (Lipinski definition) is 6. The predicted molar refractivity (Wildman–Crippen MR) is 137 cm³/mol. The Bertz CT molecular complexity index is 1240. The van der Waals surface area contributed by atoms with Gasteiger partial charge in [-0.1, -0.05) is 99.3 Å². The molecule has 0 saturated carbocycles. The first-order chi connectivity index (χ1) is 15.9. The molecule has 0 bridgehead atoms. The molecule has 0 N–H and O–H groups in total. The van der Waals surface area contributed by atoms with Crippen molar-refractivity contribution in [3.63, 3.8) is 0 Å². The molecular formula is C26H28O5S3. The van der Waals surface area contributed by atoms with Gasteiger partial charge in [0.15, 0.2) is 29.4 Å². The molecule has 8 heteroatoms. The highest BCUT2D eigenvalue weighted by Crippen LogP contribution is 2.40. The summed E-state index contributed by atoms with van der Waals surface area (Å²) in [7, 11) is -8.79. The van der Waals surface area contributed by atoms with Crippen LogP contribution >= 0.6 is 11.8 Å². The van der Waals surface area contributed by atoms with Gasteiger partial charge >= 0.3 is 0 Å². The maximum atomic E-state index is 13.9. The minimum atomic E-state index is -4.39. The van der Waals surface area contributed by atoms with Crippen molar-refractivity contribution >= 4 is 36.6 Å². The molecule has 3 aromatic carbocycles. The lowest BCUT2D eigenvalue weighted by Gasteiger charge is -2.28. The SMILES string of the molecule is CC(C)(C)SC(=O)C[C@@H](c1ccccc1)C(S(=O)(=O)c1ccccc1)S(=O)(=O)c1ccccc1. The van der Waals surface area contributed by atoms with E-state index in [2.05, 4.69) is 0 Å². The molecule has 0 saturated heterocycles. The van der Waals surface area contributed by atoms with Gasteiger partial charge in [0.1, 0.15) is 0 Å². The Morgan fingerprint density at radius 2 is 1.09 bits per heavy atom. The Kier molecular flexibility index (Phi) is 8.06. The molecule has 0 aliphatic carbocycles. The smallest absolute Gasteiger partial charge is 0.196 e. The summed E-state index contributed by atoms with van der Waals surface area (Å²) in [5.74, 6) is -1.10. The van der Waals surface area contributed by atoms with E-state index in [1.165, 1.54) is 24.3 Å².